The van der Waals surface area contributed by atoms with Gasteiger partial charge in [-0.1, -0.05) is 6.07 Å². The van der Waals surface area contributed by atoms with Crippen LogP contribution in [-0.2, 0) is 4.74 Å². The fourth-order valence-corrected chi connectivity index (χ4v) is 3.48. The van der Waals surface area contributed by atoms with Crippen LogP contribution in [0.25, 0.3) is 0 Å². The normalized spacial score (nSPS) is 21.5. The van der Waals surface area contributed by atoms with Crippen LogP contribution in [0.5, 0.6) is 5.75 Å². The van der Waals surface area contributed by atoms with Crippen molar-refractivity contribution in [2.45, 2.75) is 12.0 Å². The predicted octanol–water partition coefficient (Wildman–Crippen LogP) is 2.34. The van der Waals surface area contributed by atoms with Crippen LogP contribution in [0.15, 0.2) is 24.3 Å². The van der Waals surface area contributed by atoms with Gasteiger partial charge in [0, 0.05) is 31.2 Å². The first-order valence-corrected chi connectivity index (χ1v) is 7.65. The topological polar surface area (TPSA) is 59.6 Å². The molecule has 2 N–H and O–H groups in total. The summed E-state index contributed by atoms with van der Waals surface area (Å²) in [6.07, 6.45) is 0.966. The Bertz CT molecular complexity index is 461. The van der Waals surface area contributed by atoms with Crippen LogP contribution in [0.2, 0.25) is 0 Å². The second kappa shape index (κ2) is 6.85. The Kier molecular flexibility index (Phi) is 5.14. The molecular weight excluding hydrogens is 276 g/mol. The second-order valence-corrected chi connectivity index (χ2v) is 5.83. The number of hydrogen-bond donors (Lipinski definition) is 2. The van der Waals surface area contributed by atoms with Gasteiger partial charge in [-0.05, 0) is 24.3 Å². The van der Waals surface area contributed by atoms with Crippen LogP contribution in [0.4, 0.5) is 10.5 Å². The SMILES string of the molecule is COc1cccc(NC(=O)NCC2(OC)CCSC2)c1. The fourth-order valence-electron chi connectivity index (χ4n) is 2.08. The number of hydrogen-bond acceptors (Lipinski definition) is 4. The van der Waals surface area contributed by atoms with Gasteiger partial charge in [0.1, 0.15) is 5.75 Å². The molecule has 1 aromatic carbocycles. The summed E-state index contributed by atoms with van der Waals surface area (Å²) < 4.78 is 10.7. The van der Waals surface area contributed by atoms with Crippen molar-refractivity contribution < 1.29 is 14.3 Å². The molecule has 1 unspecified atom stereocenters. The first kappa shape index (κ1) is 15.0. The fraction of sp³-hybridized carbons (Fsp3) is 0.500. The molecule has 2 rings (SSSR count). The third-order valence-corrected chi connectivity index (χ3v) is 4.62. The number of methoxy groups -OCH3 is 2. The van der Waals surface area contributed by atoms with Gasteiger partial charge in [0.25, 0.3) is 0 Å². The molecular formula is C14H20N2O3S. The molecule has 0 spiro atoms. The first-order chi connectivity index (χ1) is 9.67. The van der Waals surface area contributed by atoms with Crippen molar-refractivity contribution in [2.24, 2.45) is 0 Å². The lowest BCUT2D eigenvalue weighted by atomic mass is 10.0. The zero-order chi connectivity index (χ0) is 14.4. The molecule has 6 heteroatoms. The minimum absolute atomic E-state index is 0.226. The van der Waals surface area contributed by atoms with E-state index in [1.165, 1.54) is 0 Å². The maximum absolute atomic E-state index is 11.9. The zero-order valence-electron chi connectivity index (χ0n) is 11.8. The lowest BCUT2D eigenvalue weighted by Crippen LogP contribution is -2.45. The number of urea groups is 1. The van der Waals surface area contributed by atoms with Gasteiger partial charge in [0.05, 0.1) is 12.7 Å². The highest BCUT2D eigenvalue weighted by Gasteiger charge is 2.34. The number of anilines is 1. The van der Waals surface area contributed by atoms with Gasteiger partial charge < -0.3 is 20.1 Å². The van der Waals surface area contributed by atoms with E-state index in [1.807, 2.05) is 30.0 Å². The summed E-state index contributed by atoms with van der Waals surface area (Å²) in [5.74, 6) is 2.71. The number of amides is 2. The molecule has 2 amide bonds. The van der Waals surface area contributed by atoms with E-state index in [1.54, 1.807) is 20.3 Å². The zero-order valence-corrected chi connectivity index (χ0v) is 12.6. The molecule has 0 saturated carbocycles. The molecule has 0 aliphatic carbocycles. The molecule has 1 fully saturated rings. The van der Waals surface area contributed by atoms with E-state index < -0.39 is 0 Å². The Hall–Kier alpha value is -1.40. The Balaban J connectivity index is 1.85. The van der Waals surface area contributed by atoms with Crippen LogP contribution in [0, 0.1) is 0 Å². The predicted molar refractivity (Wildman–Crippen MR) is 81.7 cm³/mol. The molecule has 1 aliphatic heterocycles. The van der Waals surface area contributed by atoms with Crippen molar-refractivity contribution in [1.29, 1.82) is 0 Å². The second-order valence-electron chi connectivity index (χ2n) is 4.73. The van der Waals surface area contributed by atoms with E-state index in [-0.39, 0.29) is 11.6 Å². The van der Waals surface area contributed by atoms with Gasteiger partial charge in [-0.15, -0.1) is 0 Å². The molecule has 1 aromatic rings. The number of rotatable bonds is 5. The van der Waals surface area contributed by atoms with E-state index in [9.17, 15) is 4.79 Å². The average Bonchev–Trinajstić information content (AvgIpc) is 2.95. The largest absolute Gasteiger partial charge is 0.497 e. The van der Waals surface area contributed by atoms with Gasteiger partial charge in [0.15, 0.2) is 0 Å². The standard InChI is InChI=1S/C14H20N2O3S/c1-18-12-5-3-4-11(8-12)16-13(17)15-9-14(19-2)6-7-20-10-14/h3-5,8H,6-7,9-10H2,1-2H3,(H2,15,16,17). The summed E-state index contributed by atoms with van der Waals surface area (Å²) in [5.41, 5.74) is 0.477. The van der Waals surface area contributed by atoms with Crippen molar-refractivity contribution in [3.8, 4) is 5.75 Å². The quantitative estimate of drug-likeness (QED) is 0.875. The van der Waals surface area contributed by atoms with Crippen molar-refractivity contribution >= 4 is 23.5 Å². The number of nitrogens with one attached hydrogen (secondary N) is 2. The Labute approximate surface area is 123 Å². The highest BCUT2D eigenvalue weighted by molar-refractivity contribution is 7.99. The van der Waals surface area contributed by atoms with Crippen molar-refractivity contribution in [2.75, 3.05) is 37.6 Å². The number of carbonyl (C=O) groups excluding carboxylic acids is 1. The van der Waals surface area contributed by atoms with Crippen molar-refractivity contribution in [3.63, 3.8) is 0 Å². The van der Waals surface area contributed by atoms with E-state index in [4.69, 9.17) is 9.47 Å². The monoisotopic (exact) mass is 296 g/mol. The number of thioether (sulfide) groups is 1. The van der Waals surface area contributed by atoms with Crippen molar-refractivity contribution in [1.82, 2.24) is 5.32 Å². The van der Waals surface area contributed by atoms with Crippen LogP contribution in [0.3, 0.4) is 0 Å². The van der Waals surface area contributed by atoms with Crippen LogP contribution in [-0.4, -0.2) is 43.9 Å². The molecule has 1 heterocycles. The maximum Gasteiger partial charge on any atom is 0.319 e. The number of carbonyl (C=O) groups is 1. The molecule has 1 aliphatic rings. The highest BCUT2D eigenvalue weighted by atomic mass is 32.2. The Morgan fingerprint density at radius 2 is 2.30 bits per heavy atom. The smallest absolute Gasteiger partial charge is 0.319 e. The van der Waals surface area contributed by atoms with Crippen LogP contribution < -0.4 is 15.4 Å². The summed E-state index contributed by atoms with van der Waals surface area (Å²) in [6, 6.07) is 7.03. The minimum Gasteiger partial charge on any atom is -0.497 e. The molecule has 1 saturated heterocycles. The van der Waals surface area contributed by atoms with E-state index >= 15 is 0 Å². The summed E-state index contributed by atoms with van der Waals surface area (Å²) in [6.45, 7) is 0.520. The third kappa shape index (κ3) is 3.80. The molecule has 1 atom stereocenters. The van der Waals surface area contributed by atoms with Crippen molar-refractivity contribution in [3.05, 3.63) is 24.3 Å². The molecule has 0 bridgehead atoms. The molecule has 20 heavy (non-hydrogen) atoms. The van der Waals surface area contributed by atoms with Crippen LogP contribution >= 0.6 is 11.8 Å². The van der Waals surface area contributed by atoms with E-state index in [2.05, 4.69) is 10.6 Å². The van der Waals surface area contributed by atoms with Crippen LogP contribution in [0.1, 0.15) is 6.42 Å². The van der Waals surface area contributed by atoms with Gasteiger partial charge in [0.2, 0.25) is 0 Å². The molecule has 0 radical (unpaired) electrons. The molecule has 5 nitrogen and oxygen atoms in total. The van der Waals surface area contributed by atoms with E-state index in [0.29, 0.717) is 18.0 Å². The van der Waals surface area contributed by atoms with E-state index in [0.717, 1.165) is 17.9 Å². The summed E-state index contributed by atoms with van der Waals surface area (Å²) in [5, 5.41) is 5.66. The molecule has 110 valence electrons. The van der Waals surface area contributed by atoms with Gasteiger partial charge >= 0.3 is 6.03 Å². The van der Waals surface area contributed by atoms with Gasteiger partial charge in [-0.3, -0.25) is 0 Å². The molecule has 0 aromatic heterocycles. The summed E-state index contributed by atoms with van der Waals surface area (Å²) in [4.78, 5) is 11.9. The first-order valence-electron chi connectivity index (χ1n) is 6.49. The lowest BCUT2D eigenvalue weighted by molar-refractivity contribution is 0.0161. The highest BCUT2D eigenvalue weighted by Crippen LogP contribution is 2.30. The number of ether oxygens (including phenoxy) is 2. The summed E-state index contributed by atoms with van der Waals surface area (Å²) in [7, 11) is 3.30. The summed E-state index contributed by atoms with van der Waals surface area (Å²) >= 11 is 1.85. The third-order valence-electron chi connectivity index (χ3n) is 3.40. The minimum atomic E-state index is -0.230. The Morgan fingerprint density at radius 3 is 2.95 bits per heavy atom. The maximum atomic E-state index is 11.9. The van der Waals surface area contributed by atoms with Gasteiger partial charge in [-0.2, -0.15) is 11.8 Å². The Morgan fingerprint density at radius 1 is 1.45 bits per heavy atom. The average molecular weight is 296 g/mol. The lowest BCUT2D eigenvalue weighted by Gasteiger charge is -2.26. The number of benzene rings is 1. The van der Waals surface area contributed by atoms with Gasteiger partial charge in [-0.25, -0.2) is 4.79 Å².